The first kappa shape index (κ1) is 52.4. The van der Waals surface area contributed by atoms with Crippen molar-refractivity contribution < 1.29 is 97.6 Å². The van der Waals surface area contributed by atoms with Crippen molar-refractivity contribution in [3.8, 4) is 11.5 Å². The number of hydrazone groups is 2. The molecule has 33 heteroatoms. The number of anilines is 2. The maximum Gasteiger partial charge on any atom is 0.296 e. The predicted octanol–water partition coefficient (Wildman–Crippen LogP) is 1.44. The summed E-state index contributed by atoms with van der Waals surface area (Å²) < 4.78 is 205. The number of hydrogen-bond donors (Lipinski definition) is 10. The number of hydrogen-bond acceptors (Lipinski definition) is 20. The number of phenolic OH excluding ortho intramolecular Hbond substituents is 2. The molecule has 26 nitrogen and oxygen atoms in total. The molecule has 2 aliphatic rings. The Kier molecular flexibility index (Phi) is 14.2. The van der Waals surface area contributed by atoms with Gasteiger partial charge in [-0.15, -0.1) is 0 Å². The zero-order valence-corrected chi connectivity index (χ0v) is 39.6. The third kappa shape index (κ3) is 11.3. The molecule has 0 saturated heterocycles. The summed E-state index contributed by atoms with van der Waals surface area (Å²) in [5, 5.41) is 28.2. The number of fused-ring (bicyclic) bond motifs is 2. The number of ketones is 2. The number of phenols is 2. The third-order valence-corrected chi connectivity index (χ3v) is 14.2. The van der Waals surface area contributed by atoms with Gasteiger partial charge in [-0.2, -0.15) is 60.7 Å². The Balaban J connectivity index is 0.00000840. The molecule has 0 aromatic heterocycles. The standard InChI is InChI=1S/C34H24N4O22S6.Na/c39-23-11-19(61(43,44)45)9-21-31(23)25(41)13-29(65(55,56)57)33(21)37-35-17-5-3-15(27(7-17)63(49,50)51)1-2-16-4-6-18(8-28(16)64(52,53)54)36-38-34-22-10-20(62(46,47)48)12-24(40)32(22)26(42)14-30(34)66(58,59)60;/h1-14,35-36,39-40H,(H,43,44,45)(H,46,47,48)(H,49,50,51)(H,52,53,54)(H,55,56,57)(H,58,59,60);/b2-1?,37-33+,38-34+;. The van der Waals surface area contributed by atoms with Crippen LogP contribution >= 0.6 is 0 Å². The smallest absolute Gasteiger partial charge is 0.296 e. The van der Waals surface area contributed by atoms with Crippen LogP contribution in [0, 0.1) is 0 Å². The van der Waals surface area contributed by atoms with Crippen molar-refractivity contribution in [2.45, 2.75) is 19.6 Å². The molecule has 10 N–H and O–H groups in total. The van der Waals surface area contributed by atoms with E-state index in [4.69, 9.17) is 0 Å². The van der Waals surface area contributed by atoms with Crippen LogP contribution in [-0.2, 0) is 60.7 Å². The summed E-state index contributed by atoms with van der Waals surface area (Å²) in [7, 11) is -31.4. The van der Waals surface area contributed by atoms with E-state index < -0.39 is 169 Å². The first-order chi connectivity index (χ1) is 30.2. The molecule has 6 rings (SSSR count). The minimum atomic E-state index is -5.36. The van der Waals surface area contributed by atoms with Crippen LogP contribution in [0.3, 0.4) is 0 Å². The van der Waals surface area contributed by atoms with E-state index in [1.54, 1.807) is 0 Å². The topological polar surface area (TPSA) is 450 Å². The summed E-state index contributed by atoms with van der Waals surface area (Å²) in [6.45, 7) is 0. The van der Waals surface area contributed by atoms with Gasteiger partial charge in [-0.1, -0.05) is 24.3 Å². The number of benzene rings is 4. The van der Waals surface area contributed by atoms with Crippen LogP contribution < -0.4 is 10.9 Å². The first-order valence-electron chi connectivity index (χ1n) is 16.9. The van der Waals surface area contributed by atoms with Crippen LogP contribution in [0.4, 0.5) is 11.4 Å². The summed E-state index contributed by atoms with van der Waals surface area (Å²) in [6, 6.07) is 7.30. The molecule has 0 heterocycles. The van der Waals surface area contributed by atoms with Crippen molar-refractivity contribution in [1.29, 1.82) is 0 Å². The Morgan fingerprint density at radius 1 is 0.448 bits per heavy atom. The molecule has 349 valence electrons. The molecule has 2 aliphatic carbocycles. The van der Waals surface area contributed by atoms with Crippen molar-refractivity contribution in [2.24, 2.45) is 10.2 Å². The van der Waals surface area contributed by atoms with E-state index in [9.17, 15) is 97.6 Å². The SMILES string of the molecule is O=C1C=C(S(=O)(=O)O)/C(=N/Nc2ccc(C=Cc3ccc(N/N=C4/C(S(=O)(=O)O)=CC(=O)c5c(O)cc(S(=O)(=O)O)cc54)cc3S(=O)(=O)O)c(S(=O)(=O)O)c2)c2cc(S(=O)(=O)O)cc(O)c21.[Na]. The van der Waals surface area contributed by atoms with Crippen LogP contribution in [0.15, 0.2) is 112 Å². The Hall–Kier alpha value is -5.56. The van der Waals surface area contributed by atoms with E-state index in [1.165, 1.54) is 0 Å². The molecule has 4 aromatic rings. The average molecular weight is 1060 g/mol. The second-order valence-corrected chi connectivity index (χ2v) is 21.7. The van der Waals surface area contributed by atoms with Gasteiger partial charge in [0.05, 0.1) is 32.3 Å². The van der Waals surface area contributed by atoms with Gasteiger partial charge in [-0.25, -0.2) is 0 Å². The van der Waals surface area contributed by atoms with Gasteiger partial charge in [0.25, 0.3) is 60.7 Å². The Morgan fingerprint density at radius 3 is 1.06 bits per heavy atom. The number of nitrogens with zero attached hydrogens (tertiary/aromatic N) is 2. The van der Waals surface area contributed by atoms with Gasteiger partial charge in [0, 0.05) is 65.0 Å². The number of rotatable bonds is 12. The average Bonchev–Trinajstić information content (AvgIpc) is 3.16. The molecular weight excluding hydrogens is 1030 g/mol. The molecule has 0 atom stereocenters. The molecule has 0 fully saturated rings. The van der Waals surface area contributed by atoms with Gasteiger partial charge in [-0.3, -0.25) is 47.8 Å². The number of carbonyl (C=O) groups excluding carboxylic acids is 2. The zero-order chi connectivity index (χ0) is 49.3. The van der Waals surface area contributed by atoms with E-state index in [0.29, 0.717) is 48.6 Å². The van der Waals surface area contributed by atoms with Gasteiger partial charge in [0.1, 0.15) is 42.5 Å². The zero-order valence-electron chi connectivity index (χ0n) is 32.7. The Bertz CT molecular complexity index is 3510. The molecule has 1 radical (unpaired) electrons. The molecule has 0 aliphatic heterocycles. The van der Waals surface area contributed by atoms with Crippen molar-refractivity contribution in [3.63, 3.8) is 0 Å². The van der Waals surface area contributed by atoms with Crippen molar-refractivity contribution in [1.82, 2.24) is 0 Å². The largest absolute Gasteiger partial charge is 0.507 e. The molecule has 0 saturated carbocycles. The van der Waals surface area contributed by atoms with Gasteiger partial charge in [0.15, 0.2) is 11.6 Å². The summed E-state index contributed by atoms with van der Waals surface area (Å²) >= 11 is 0. The molecule has 0 bridgehead atoms. The van der Waals surface area contributed by atoms with Crippen LogP contribution in [0.5, 0.6) is 11.5 Å². The predicted molar refractivity (Wildman–Crippen MR) is 231 cm³/mol. The van der Waals surface area contributed by atoms with Crippen molar-refractivity contribution >= 4 is 137 Å². The number of carbonyl (C=O) groups is 2. The molecule has 0 amide bonds. The van der Waals surface area contributed by atoms with E-state index >= 15 is 0 Å². The van der Waals surface area contributed by atoms with Gasteiger partial charge in [0.2, 0.25) is 0 Å². The molecular formula is C34H24N4NaO22S6. The Labute approximate surface area is 399 Å². The second kappa shape index (κ2) is 18.2. The third-order valence-electron chi connectivity index (χ3n) is 8.95. The molecule has 0 spiro atoms. The van der Waals surface area contributed by atoms with Crippen molar-refractivity contribution in [2.75, 3.05) is 10.9 Å². The van der Waals surface area contributed by atoms with Gasteiger partial charge >= 0.3 is 0 Å². The number of allylic oxidation sites excluding steroid dienone is 4. The summed E-state index contributed by atoms with van der Waals surface area (Å²) in [6.07, 6.45) is 2.42. The van der Waals surface area contributed by atoms with E-state index in [-0.39, 0.29) is 29.6 Å². The number of nitrogens with one attached hydrogen (secondary N) is 2. The fourth-order valence-corrected chi connectivity index (χ4v) is 9.94. The minimum Gasteiger partial charge on any atom is -0.507 e. The maximum absolute atomic E-state index is 12.7. The normalized spacial score (nSPS) is 16.0. The van der Waals surface area contributed by atoms with E-state index in [2.05, 4.69) is 21.1 Å². The first-order valence-corrected chi connectivity index (χ1v) is 25.6. The molecule has 0 unspecified atom stereocenters. The van der Waals surface area contributed by atoms with Gasteiger partial charge in [-0.05, 0) is 47.5 Å². The number of aromatic hydroxyl groups is 2. The molecule has 67 heavy (non-hydrogen) atoms. The summed E-state index contributed by atoms with van der Waals surface area (Å²) in [5.74, 6) is -4.64. The minimum absolute atomic E-state index is 0. The van der Waals surface area contributed by atoms with E-state index in [1.807, 2.05) is 0 Å². The fraction of sp³-hybridized carbons (Fsp3) is 0. The van der Waals surface area contributed by atoms with Crippen LogP contribution in [0.25, 0.3) is 12.2 Å². The van der Waals surface area contributed by atoms with Crippen LogP contribution in [0.2, 0.25) is 0 Å². The summed E-state index contributed by atoms with van der Waals surface area (Å²) in [4.78, 5) is 18.9. The summed E-state index contributed by atoms with van der Waals surface area (Å²) in [5.41, 5.74) is -2.12. The second-order valence-electron chi connectivity index (χ2n) is 13.3. The quantitative estimate of drug-likeness (QED) is 0.0415. The molecule has 4 aromatic carbocycles. The van der Waals surface area contributed by atoms with Crippen molar-refractivity contribution in [3.05, 3.63) is 116 Å². The van der Waals surface area contributed by atoms with Crippen LogP contribution in [-0.4, -0.2) is 141 Å². The monoisotopic (exact) mass is 1050 g/mol. The fourth-order valence-electron chi connectivity index (χ4n) is 6.15. The van der Waals surface area contributed by atoms with Gasteiger partial charge < -0.3 is 10.2 Å². The van der Waals surface area contributed by atoms with E-state index in [0.717, 1.165) is 36.4 Å². The Morgan fingerprint density at radius 2 is 0.776 bits per heavy atom. The van der Waals surface area contributed by atoms with Crippen LogP contribution in [0.1, 0.15) is 43.0 Å². The maximum atomic E-state index is 12.7.